The molecule has 0 aliphatic rings. The Hall–Kier alpha value is -0.330. The van der Waals surface area contributed by atoms with Crippen molar-refractivity contribution >= 4 is 33.5 Å². The Kier molecular flexibility index (Phi) is 4.64. The normalized spacial score (nSPS) is 12.8. The summed E-state index contributed by atoms with van der Waals surface area (Å²) in [7, 11) is 0. The molecule has 1 atom stereocenters. The molecule has 4 nitrogen and oxygen atoms in total. The molecule has 0 spiro atoms. The van der Waals surface area contributed by atoms with E-state index < -0.39 is 0 Å². The van der Waals surface area contributed by atoms with Crippen molar-refractivity contribution in [2.75, 3.05) is 18.1 Å². The summed E-state index contributed by atoms with van der Waals surface area (Å²) >= 11 is 4.73. The summed E-state index contributed by atoms with van der Waals surface area (Å²) in [4.78, 5) is 8.21. The highest BCUT2D eigenvalue weighted by Gasteiger charge is 2.05. The van der Waals surface area contributed by atoms with Crippen LogP contribution in [0.5, 0.6) is 0 Å². The minimum atomic E-state index is 0.177. The molecule has 3 N–H and O–H groups in total. The largest absolute Gasteiger partial charge is 0.396 e. The number of aromatic nitrogens is 2. The van der Waals surface area contributed by atoms with Crippen LogP contribution in [0.25, 0.3) is 0 Å². The van der Waals surface area contributed by atoms with Crippen LogP contribution in [0.15, 0.2) is 15.8 Å². The van der Waals surface area contributed by atoms with Crippen molar-refractivity contribution in [3.63, 3.8) is 0 Å². The van der Waals surface area contributed by atoms with Crippen LogP contribution in [-0.2, 0) is 0 Å². The molecule has 0 fully saturated rings. The molecule has 1 aromatic heterocycles. The van der Waals surface area contributed by atoms with Gasteiger partial charge in [-0.1, -0.05) is 18.7 Å². The number of aliphatic hydroxyl groups excluding tert-OH is 1. The summed E-state index contributed by atoms with van der Waals surface area (Å²) < 4.78 is 0.684. The van der Waals surface area contributed by atoms with Crippen LogP contribution >= 0.6 is 27.7 Å². The third kappa shape index (κ3) is 3.81. The summed E-state index contributed by atoms with van der Waals surface area (Å²) in [6, 6.07) is 1.65. The van der Waals surface area contributed by atoms with Crippen LogP contribution in [0, 0.1) is 5.92 Å². The Labute approximate surface area is 95.5 Å². The molecule has 78 valence electrons. The summed E-state index contributed by atoms with van der Waals surface area (Å²) in [5, 5.41) is 9.47. The van der Waals surface area contributed by atoms with E-state index in [0.717, 1.165) is 5.75 Å². The number of anilines is 1. The van der Waals surface area contributed by atoms with Gasteiger partial charge in [-0.2, -0.15) is 0 Å². The molecule has 0 amide bonds. The molecule has 1 heterocycles. The SMILES string of the molecule is CC(CO)CSc1nc(N)cc(Br)n1. The first-order chi connectivity index (χ1) is 6.61. The van der Waals surface area contributed by atoms with E-state index in [1.807, 2.05) is 6.92 Å². The van der Waals surface area contributed by atoms with Gasteiger partial charge in [0, 0.05) is 18.4 Å². The van der Waals surface area contributed by atoms with Crippen LogP contribution in [0.1, 0.15) is 6.92 Å². The minimum absolute atomic E-state index is 0.177. The summed E-state index contributed by atoms with van der Waals surface area (Å²) in [5.41, 5.74) is 5.55. The molecule has 0 saturated carbocycles. The molecule has 1 unspecified atom stereocenters. The molecule has 14 heavy (non-hydrogen) atoms. The molecule has 0 aromatic carbocycles. The number of nitrogens with two attached hydrogens (primary N) is 1. The molecule has 0 aliphatic carbocycles. The monoisotopic (exact) mass is 277 g/mol. The van der Waals surface area contributed by atoms with Gasteiger partial charge in [-0.15, -0.1) is 0 Å². The van der Waals surface area contributed by atoms with Gasteiger partial charge in [0.15, 0.2) is 5.16 Å². The van der Waals surface area contributed by atoms with Gasteiger partial charge in [0.2, 0.25) is 0 Å². The van der Waals surface area contributed by atoms with E-state index in [1.54, 1.807) is 6.07 Å². The minimum Gasteiger partial charge on any atom is -0.396 e. The average Bonchev–Trinajstić information content (AvgIpc) is 2.12. The fourth-order valence-corrected chi connectivity index (χ4v) is 2.14. The quantitative estimate of drug-likeness (QED) is 0.496. The number of halogens is 1. The fraction of sp³-hybridized carbons (Fsp3) is 0.500. The maximum atomic E-state index is 8.83. The molecule has 6 heteroatoms. The van der Waals surface area contributed by atoms with Gasteiger partial charge in [-0.05, 0) is 21.8 Å². The smallest absolute Gasteiger partial charge is 0.190 e. The number of aliphatic hydroxyl groups is 1. The maximum Gasteiger partial charge on any atom is 0.190 e. The zero-order valence-electron chi connectivity index (χ0n) is 7.77. The zero-order valence-corrected chi connectivity index (χ0v) is 10.2. The lowest BCUT2D eigenvalue weighted by Crippen LogP contribution is -2.04. The molecule has 0 radical (unpaired) electrons. The van der Waals surface area contributed by atoms with Crippen LogP contribution < -0.4 is 5.73 Å². The summed E-state index contributed by atoms with van der Waals surface area (Å²) in [5.74, 6) is 1.47. The van der Waals surface area contributed by atoms with Gasteiger partial charge in [-0.25, -0.2) is 9.97 Å². The Morgan fingerprint density at radius 3 is 2.93 bits per heavy atom. The van der Waals surface area contributed by atoms with Crippen molar-refractivity contribution in [3.8, 4) is 0 Å². The standard InChI is InChI=1S/C8H12BrN3OS/c1-5(3-13)4-14-8-11-6(9)2-7(10)12-8/h2,5,13H,3-4H2,1H3,(H2,10,11,12). The van der Waals surface area contributed by atoms with Crippen LogP contribution in [0.4, 0.5) is 5.82 Å². The molecule has 0 aliphatic heterocycles. The fourth-order valence-electron chi connectivity index (χ4n) is 0.747. The van der Waals surface area contributed by atoms with Crippen molar-refractivity contribution < 1.29 is 5.11 Å². The molecule has 1 rings (SSSR count). The van der Waals surface area contributed by atoms with E-state index in [-0.39, 0.29) is 12.5 Å². The summed E-state index contributed by atoms with van der Waals surface area (Å²) in [6.45, 7) is 2.14. The first-order valence-corrected chi connectivity index (χ1v) is 5.93. The third-order valence-electron chi connectivity index (χ3n) is 1.50. The molecule has 0 saturated heterocycles. The van der Waals surface area contributed by atoms with Gasteiger partial charge in [0.1, 0.15) is 10.4 Å². The van der Waals surface area contributed by atoms with Crippen molar-refractivity contribution in [2.45, 2.75) is 12.1 Å². The summed E-state index contributed by atoms with van der Waals surface area (Å²) in [6.07, 6.45) is 0. The van der Waals surface area contributed by atoms with E-state index in [4.69, 9.17) is 10.8 Å². The highest BCUT2D eigenvalue weighted by atomic mass is 79.9. The number of nitrogens with zero attached hydrogens (tertiary/aromatic N) is 2. The van der Waals surface area contributed by atoms with Crippen molar-refractivity contribution in [3.05, 3.63) is 10.7 Å². The number of thioether (sulfide) groups is 1. The Morgan fingerprint density at radius 2 is 2.36 bits per heavy atom. The topological polar surface area (TPSA) is 72.0 Å². The first-order valence-electron chi connectivity index (χ1n) is 4.15. The number of nitrogen functional groups attached to an aromatic ring is 1. The van der Waals surface area contributed by atoms with Crippen LogP contribution in [-0.4, -0.2) is 27.4 Å². The van der Waals surface area contributed by atoms with E-state index in [9.17, 15) is 0 Å². The third-order valence-corrected chi connectivity index (χ3v) is 3.09. The van der Waals surface area contributed by atoms with Gasteiger partial charge < -0.3 is 10.8 Å². The Bertz CT molecular complexity index is 290. The van der Waals surface area contributed by atoms with E-state index >= 15 is 0 Å². The molecular weight excluding hydrogens is 266 g/mol. The lowest BCUT2D eigenvalue weighted by molar-refractivity contribution is 0.250. The Morgan fingerprint density at radius 1 is 1.64 bits per heavy atom. The van der Waals surface area contributed by atoms with E-state index in [1.165, 1.54) is 11.8 Å². The van der Waals surface area contributed by atoms with E-state index in [2.05, 4.69) is 25.9 Å². The van der Waals surface area contributed by atoms with Crippen LogP contribution in [0.2, 0.25) is 0 Å². The van der Waals surface area contributed by atoms with Crippen molar-refractivity contribution in [1.82, 2.24) is 9.97 Å². The second-order valence-electron chi connectivity index (χ2n) is 3.00. The first kappa shape index (κ1) is 11.7. The number of rotatable bonds is 4. The lowest BCUT2D eigenvalue weighted by atomic mass is 10.2. The predicted molar refractivity (Wildman–Crippen MR) is 61.1 cm³/mol. The highest BCUT2D eigenvalue weighted by Crippen LogP contribution is 2.20. The molecular formula is C8H12BrN3OS. The zero-order chi connectivity index (χ0) is 10.6. The second kappa shape index (κ2) is 5.53. The van der Waals surface area contributed by atoms with Gasteiger partial charge in [0.25, 0.3) is 0 Å². The number of hydrogen-bond acceptors (Lipinski definition) is 5. The van der Waals surface area contributed by atoms with Crippen molar-refractivity contribution in [1.29, 1.82) is 0 Å². The predicted octanol–water partition coefficient (Wildman–Crippen LogP) is 1.54. The van der Waals surface area contributed by atoms with Gasteiger partial charge in [-0.3, -0.25) is 0 Å². The molecule has 0 bridgehead atoms. The highest BCUT2D eigenvalue weighted by molar-refractivity contribution is 9.10. The average molecular weight is 278 g/mol. The number of hydrogen-bond donors (Lipinski definition) is 2. The van der Waals surface area contributed by atoms with E-state index in [0.29, 0.717) is 15.6 Å². The van der Waals surface area contributed by atoms with Gasteiger partial charge in [0.05, 0.1) is 0 Å². The van der Waals surface area contributed by atoms with Crippen molar-refractivity contribution in [2.24, 2.45) is 5.92 Å². The Balaban J connectivity index is 2.58. The lowest BCUT2D eigenvalue weighted by Gasteiger charge is -2.06. The molecule has 1 aromatic rings. The van der Waals surface area contributed by atoms with Crippen LogP contribution in [0.3, 0.4) is 0 Å². The second-order valence-corrected chi connectivity index (χ2v) is 4.80. The van der Waals surface area contributed by atoms with Gasteiger partial charge >= 0.3 is 0 Å². The maximum absolute atomic E-state index is 8.83.